The van der Waals surface area contributed by atoms with Gasteiger partial charge in [-0.05, 0) is 25.7 Å². The smallest absolute Gasteiger partial charge is 0.550 e. The molecule has 1 atom stereocenters. The number of hydrogen-bond donors (Lipinski definition) is 1. The molecule has 0 saturated carbocycles. The van der Waals surface area contributed by atoms with E-state index in [1.807, 2.05) is 0 Å². The maximum Gasteiger partial charge on any atom is 1.00 e. The molecular weight excluding hydrogens is 303 g/mol. The van der Waals surface area contributed by atoms with E-state index in [1.165, 1.54) is 51.4 Å². The molecule has 0 saturated heterocycles. The van der Waals surface area contributed by atoms with Crippen LogP contribution in [0.1, 0.15) is 103 Å². The molecule has 0 aliphatic rings. The second-order valence-electron chi connectivity index (χ2n) is 6.24. The molecule has 126 valence electrons. The largest absolute Gasteiger partial charge is 1.00 e. The molecule has 0 aromatic carbocycles. The van der Waals surface area contributed by atoms with Gasteiger partial charge in [-0.25, -0.2) is 0 Å². The van der Waals surface area contributed by atoms with E-state index in [0.29, 0.717) is 0 Å². The molecule has 0 heterocycles. The van der Waals surface area contributed by atoms with Gasteiger partial charge in [-0.15, -0.1) is 0 Å². The van der Waals surface area contributed by atoms with Gasteiger partial charge >= 0.3 is 51.4 Å². The minimum atomic E-state index is -0.928. The number of carbonyl (C=O) groups is 1. The third-order valence-corrected chi connectivity index (χ3v) is 4.06. The van der Waals surface area contributed by atoms with Gasteiger partial charge in [-0.1, -0.05) is 77.6 Å². The predicted molar refractivity (Wildman–Crippen MR) is 85.9 cm³/mol. The Labute approximate surface area is 180 Å². The van der Waals surface area contributed by atoms with E-state index < -0.39 is 5.97 Å². The van der Waals surface area contributed by atoms with Crippen LogP contribution in [0, 0.1) is 0 Å². The van der Waals surface area contributed by atoms with Crippen LogP contribution < -0.4 is 56.5 Å². The normalized spacial score (nSPS) is 11.9. The van der Waals surface area contributed by atoms with Gasteiger partial charge in [0.15, 0.2) is 0 Å². The van der Waals surface area contributed by atoms with Gasteiger partial charge in [-0.3, -0.25) is 0 Å². The Kier molecular flexibility index (Phi) is 23.1. The van der Waals surface area contributed by atoms with Gasteiger partial charge in [0.2, 0.25) is 0 Å². The van der Waals surface area contributed by atoms with Gasteiger partial charge in [0.25, 0.3) is 0 Å². The van der Waals surface area contributed by atoms with Crippen LogP contribution in [0.15, 0.2) is 0 Å². The average molecular weight is 339 g/mol. The van der Waals surface area contributed by atoms with E-state index in [1.54, 1.807) is 0 Å². The first-order valence-electron chi connectivity index (χ1n) is 9.04. The zero-order chi connectivity index (χ0) is 15.8. The van der Waals surface area contributed by atoms with Crippen molar-refractivity contribution in [2.24, 2.45) is 0 Å². The number of aliphatic hydroxyl groups excluding tert-OH is 1. The number of aliphatic hydroxyl groups is 1. The molecule has 0 bridgehead atoms. The number of carbonyl (C=O) groups excluding carboxylic acids is 1. The fourth-order valence-corrected chi connectivity index (χ4v) is 2.66. The van der Waals surface area contributed by atoms with Gasteiger partial charge in [0.1, 0.15) is 0 Å². The number of carboxylic acid groups (broad SMARTS) is 1. The van der Waals surface area contributed by atoms with Crippen molar-refractivity contribution < 1.29 is 66.4 Å². The molecule has 0 aliphatic carbocycles. The maximum atomic E-state index is 10.2. The van der Waals surface area contributed by atoms with Crippen LogP contribution >= 0.6 is 0 Å². The van der Waals surface area contributed by atoms with Crippen molar-refractivity contribution in [2.45, 2.75) is 109 Å². The SMILES string of the molecule is CCCCCCC(O)CCCCCCCCCCC(=O)[O-].[K+]. The van der Waals surface area contributed by atoms with Crippen LogP contribution in [0.5, 0.6) is 0 Å². The van der Waals surface area contributed by atoms with Crippen molar-refractivity contribution in [1.29, 1.82) is 0 Å². The standard InChI is InChI=1S/C18H36O3.K/c1-2-3-4-11-14-17(19)15-12-9-7-5-6-8-10-13-16-18(20)21;/h17,19H,2-16H2,1H3,(H,20,21);/q;+1/p-1. The zero-order valence-corrected chi connectivity index (χ0v) is 18.1. The van der Waals surface area contributed by atoms with Crippen molar-refractivity contribution in [1.82, 2.24) is 0 Å². The van der Waals surface area contributed by atoms with E-state index in [4.69, 9.17) is 0 Å². The Morgan fingerprint density at radius 2 is 1.23 bits per heavy atom. The first-order chi connectivity index (χ1) is 10.2. The van der Waals surface area contributed by atoms with E-state index >= 15 is 0 Å². The molecule has 4 heteroatoms. The molecule has 0 fully saturated rings. The molecule has 0 aliphatic heterocycles. The van der Waals surface area contributed by atoms with E-state index in [9.17, 15) is 15.0 Å². The minimum Gasteiger partial charge on any atom is -0.550 e. The van der Waals surface area contributed by atoms with Crippen LogP contribution in [0.4, 0.5) is 0 Å². The van der Waals surface area contributed by atoms with E-state index in [-0.39, 0.29) is 63.9 Å². The number of carboxylic acids is 1. The molecular formula is C18H35KO3. The third kappa shape index (κ3) is 21.1. The summed E-state index contributed by atoms with van der Waals surface area (Å²) >= 11 is 0. The second-order valence-corrected chi connectivity index (χ2v) is 6.24. The Balaban J connectivity index is 0. The van der Waals surface area contributed by atoms with Crippen molar-refractivity contribution in [3.8, 4) is 0 Å². The second kappa shape index (κ2) is 20.1. The number of hydrogen-bond acceptors (Lipinski definition) is 3. The topological polar surface area (TPSA) is 60.4 Å². The Hall–Kier alpha value is 1.07. The summed E-state index contributed by atoms with van der Waals surface area (Å²) in [5.74, 6) is -0.928. The fraction of sp³-hybridized carbons (Fsp3) is 0.944. The maximum absolute atomic E-state index is 10.2. The number of aliphatic carboxylic acids is 1. The molecule has 0 rings (SSSR count). The molecule has 0 aromatic rings. The quantitative estimate of drug-likeness (QED) is 0.337. The van der Waals surface area contributed by atoms with Crippen LogP contribution in [0.3, 0.4) is 0 Å². The summed E-state index contributed by atoms with van der Waals surface area (Å²) in [4.78, 5) is 10.2. The van der Waals surface area contributed by atoms with E-state index in [2.05, 4.69) is 6.92 Å². The Morgan fingerprint density at radius 1 is 0.818 bits per heavy atom. The predicted octanol–water partition coefficient (Wildman–Crippen LogP) is 0.973. The summed E-state index contributed by atoms with van der Waals surface area (Å²) in [6, 6.07) is 0. The average Bonchev–Trinajstić information content (AvgIpc) is 2.45. The number of rotatable bonds is 16. The van der Waals surface area contributed by atoms with Crippen molar-refractivity contribution in [3.63, 3.8) is 0 Å². The van der Waals surface area contributed by atoms with Gasteiger partial charge < -0.3 is 15.0 Å². The number of unbranched alkanes of at least 4 members (excludes halogenated alkanes) is 10. The van der Waals surface area contributed by atoms with Crippen molar-refractivity contribution >= 4 is 5.97 Å². The summed E-state index contributed by atoms with van der Waals surface area (Å²) in [6.45, 7) is 2.21. The summed E-state index contributed by atoms with van der Waals surface area (Å²) < 4.78 is 0. The molecule has 1 N–H and O–H groups in total. The van der Waals surface area contributed by atoms with Crippen LogP contribution in [-0.2, 0) is 4.79 Å². The molecule has 22 heavy (non-hydrogen) atoms. The molecule has 1 unspecified atom stereocenters. The fourth-order valence-electron chi connectivity index (χ4n) is 2.66. The summed E-state index contributed by atoms with van der Waals surface area (Å²) in [7, 11) is 0. The molecule has 0 amide bonds. The van der Waals surface area contributed by atoms with Gasteiger partial charge in [0.05, 0.1) is 6.10 Å². The molecule has 0 spiro atoms. The molecule has 0 aromatic heterocycles. The summed E-state index contributed by atoms with van der Waals surface area (Å²) in [6.07, 6.45) is 15.9. The van der Waals surface area contributed by atoms with Gasteiger partial charge in [0, 0.05) is 5.97 Å². The zero-order valence-electron chi connectivity index (χ0n) is 14.9. The van der Waals surface area contributed by atoms with E-state index in [0.717, 1.165) is 38.5 Å². The first-order valence-corrected chi connectivity index (χ1v) is 9.04. The Morgan fingerprint density at radius 3 is 1.68 bits per heavy atom. The first kappa shape index (κ1) is 25.3. The summed E-state index contributed by atoms with van der Waals surface area (Å²) in [5.41, 5.74) is 0. The monoisotopic (exact) mass is 338 g/mol. The minimum absolute atomic E-state index is 0. The van der Waals surface area contributed by atoms with Crippen molar-refractivity contribution in [3.05, 3.63) is 0 Å². The van der Waals surface area contributed by atoms with Crippen molar-refractivity contribution in [2.75, 3.05) is 0 Å². The van der Waals surface area contributed by atoms with Gasteiger partial charge in [-0.2, -0.15) is 0 Å². The summed E-state index contributed by atoms with van der Waals surface area (Å²) in [5, 5.41) is 20.1. The Bertz CT molecular complexity index is 234. The molecule has 0 radical (unpaired) electrons. The van der Waals surface area contributed by atoms with Crippen LogP contribution in [0.2, 0.25) is 0 Å². The van der Waals surface area contributed by atoms with Crippen LogP contribution in [0.25, 0.3) is 0 Å². The van der Waals surface area contributed by atoms with Crippen LogP contribution in [-0.4, -0.2) is 17.2 Å². The third-order valence-electron chi connectivity index (χ3n) is 4.06. The molecule has 3 nitrogen and oxygen atoms in total.